The van der Waals surface area contributed by atoms with Gasteiger partial charge in [0, 0.05) is 11.9 Å². The van der Waals surface area contributed by atoms with E-state index in [2.05, 4.69) is 46.3 Å². The van der Waals surface area contributed by atoms with Gasteiger partial charge in [-0.05, 0) is 17.7 Å². The third-order valence-electron chi connectivity index (χ3n) is 2.55. The molecule has 0 saturated heterocycles. The quantitative estimate of drug-likeness (QED) is 0.601. The number of hydrogen-bond acceptors (Lipinski definition) is 2. The monoisotopic (exact) mass is 182 g/mol. The minimum Gasteiger partial charge on any atom is -0.334 e. The van der Waals surface area contributed by atoms with Crippen molar-refractivity contribution in [3.63, 3.8) is 0 Å². The molecule has 2 aliphatic heterocycles. The second-order valence-electron chi connectivity index (χ2n) is 3.39. The maximum absolute atomic E-state index is 4.15. The molecule has 0 atom stereocenters. The Kier molecular flexibility index (Phi) is 1.53. The van der Waals surface area contributed by atoms with E-state index in [0.717, 1.165) is 6.54 Å². The van der Waals surface area contributed by atoms with Crippen molar-refractivity contribution in [2.45, 2.75) is 0 Å². The highest BCUT2D eigenvalue weighted by atomic mass is 15.2. The normalized spacial score (nSPS) is 17.4. The van der Waals surface area contributed by atoms with Crippen LogP contribution in [0, 0.1) is 0 Å². The van der Waals surface area contributed by atoms with E-state index in [1.807, 2.05) is 12.4 Å². The van der Waals surface area contributed by atoms with Crippen LogP contribution in [0.25, 0.3) is 6.08 Å². The first kappa shape index (κ1) is 7.56. The van der Waals surface area contributed by atoms with Crippen molar-refractivity contribution in [1.29, 1.82) is 0 Å². The van der Waals surface area contributed by atoms with Gasteiger partial charge >= 0.3 is 0 Å². The average Bonchev–Trinajstić information content (AvgIpc) is 2.29. The van der Waals surface area contributed by atoms with Gasteiger partial charge in [-0.3, -0.25) is 4.99 Å². The number of nitrogens with zero attached hydrogens (tertiary/aromatic N) is 2. The lowest BCUT2D eigenvalue weighted by atomic mass is 10.1. The van der Waals surface area contributed by atoms with E-state index in [9.17, 15) is 0 Å². The third kappa shape index (κ3) is 1.01. The van der Waals surface area contributed by atoms with Crippen LogP contribution in [0.3, 0.4) is 0 Å². The molecule has 2 heterocycles. The van der Waals surface area contributed by atoms with Gasteiger partial charge in [0.15, 0.2) is 0 Å². The zero-order valence-corrected chi connectivity index (χ0v) is 7.72. The van der Waals surface area contributed by atoms with E-state index in [4.69, 9.17) is 0 Å². The summed E-state index contributed by atoms with van der Waals surface area (Å²) >= 11 is 0. The van der Waals surface area contributed by atoms with Crippen LogP contribution in [0.15, 0.2) is 47.2 Å². The topological polar surface area (TPSA) is 15.6 Å². The van der Waals surface area contributed by atoms with Crippen LogP contribution in [0.2, 0.25) is 0 Å². The van der Waals surface area contributed by atoms with Crippen LogP contribution < -0.4 is 4.90 Å². The van der Waals surface area contributed by atoms with Crippen molar-refractivity contribution in [2.75, 3.05) is 11.4 Å². The smallest absolute Gasteiger partial charge is 0.0600 e. The number of hydrogen-bond donors (Lipinski definition) is 0. The van der Waals surface area contributed by atoms with Crippen molar-refractivity contribution < 1.29 is 0 Å². The summed E-state index contributed by atoms with van der Waals surface area (Å²) < 4.78 is 0. The zero-order valence-electron chi connectivity index (χ0n) is 7.72. The number of benzene rings is 1. The molecular weight excluding hydrogens is 172 g/mol. The van der Waals surface area contributed by atoms with Crippen LogP contribution in [0.4, 0.5) is 5.69 Å². The lowest BCUT2D eigenvalue weighted by Gasteiger charge is -2.30. The summed E-state index contributed by atoms with van der Waals surface area (Å²) in [5.41, 5.74) is 3.72. The van der Waals surface area contributed by atoms with Crippen molar-refractivity contribution in [3.8, 4) is 0 Å². The molecular formula is C12H10N2. The van der Waals surface area contributed by atoms with Crippen LogP contribution in [0.5, 0.6) is 0 Å². The molecule has 2 aliphatic rings. The second-order valence-corrected chi connectivity index (χ2v) is 3.39. The second kappa shape index (κ2) is 2.84. The Hall–Kier alpha value is -1.83. The summed E-state index contributed by atoms with van der Waals surface area (Å²) in [6.07, 6.45) is 8.08. The Bertz CT molecular complexity index is 455. The third-order valence-corrected chi connectivity index (χ3v) is 2.55. The Morgan fingerprint density at radius 1 is 1.14 bits per heavy atom. The fraction of sp³-hybridized carbons (Fsp3) is 0.0833. The molecule has 0 radical (unpaired) electrons. The highest BCUT2D eigenvalue weighted by Gasteiger charge is 2.17. The first-order valence-corrected chi connectivity index (χ1v) is 4.71. The van der Waals surface area contributed by atoms with Gasteiger partial charge in [0.25, 0.3) is 0 Å². The Balaban J connectivity index is 2.18. The fourth-order valence-electron chi connectivity index (χ4n) is 1.85. The number of fused-ring (bicyclic) bond motifs is 3. The van der Waals surface area contributed by atoms with Crippen LogP contribution in [-0.4, -0.2) is 12.8 Å². The average molecular weight is 182 g/mol. The van der Waals surface area contributed by atoms with Gasteiger partial charge in [0.2, 0.25) is 0 Å². The minimum absolute atomic E-state index is 0.868. The highest BCUT2D eigenvalue weighted by molar-refractivity contribution is 5.81. The van der Waals surface area contributed by atoms with E-state index >= 15 is 0 Å². The number of anilines is 1. The summed E-state index contributed by atoms with van der Waals surface area (Å²) in [5.74, 6) is 0. The summed E-state index contributed by atoms with van der Waals surface area (Å²) in [5, 5.41) is 0. The predicted octanol–water partition coefficient (Wildman–Crippen LogP) is 2.45. The van der Waals surface area contributed by atoms with Crippen molar-refractivity contribution in [1.82, 2.24) is 0 Å². The molecule has 3 rings (SSSR count). The van der Waals surface area contributed by atoms with Crippen LogP contribution in [0.1, 0.15) is 5.56 Å². The molecule has 1 aromatic carbocycles. The van der Waals surface area contributed by atoms with Crippen molar-refractivity contribution in [2.24, 2.45) is 4.99 Å². The molecule has 0 saturated carbocycles. The maximum Gasteiger partial charge on any atom is 0.0600 e. The van der Waals surface area contributed by atoms with E-state index < -0.39 is 0 Å². The number of rotatable bonds is 0. The number of para-hydroxylation sites is 1. The molecule has 0 aromatic heterocycles. The summed E-state index contributed by atoms with van der Waals surface area (Å²) in [6.45, 7) is 0.868. The van der Waals surface area contributed by atoms with Gasteiger partial charge in [-0.1, -0.05) is 24.3 Å². The highest BCUT2D eigenvalue weighted by Crippen LogP contribution is 2.30. The number of allylic oxidation sites excluding steroid dienone is 1. The molecule has 0 fully saturated rings. The van der Waals surface area contributed by atoms with E-state index in [1.165, 1.54) is 16.9 Å². The molecule has 14 heavy (non-hydrogen) atoms. The molecule has 1 aromatic rings. The Morgan fingerprint density at radius 3 is 3.07 bits per heavy atom. The van der Waals surface area contributed by atoms with Gasteiger partial charge in [-0.15, -0.1) is 0 Å². The SMILES string of the molecule is C1=Cc2ccccc2N2CC=NC=C12. The zero-order chi connectivity index (χ0) is 9.38. The van der Waals surface area contributed by atoms with Gasteiger partial charge < -0.3 is 4.90 Å². The molecule has 0 amide bonds. The van der Waals surface area contributed by atoms with Gasteiger partial charge in [0.05, 0.1) is 18.4 Å². The molecule has 0 unspecified atom stereocenters. The summed E-state index contributed by atoms with van der Waals surface area (Å²) in [7, 11) is 0. The van der Waals surface area contributed by atoms with E-state index in [0.29, 0.717) is 0 Å². The van der Waals surface area contributed by atoms with Gasteiger partial charge in [-0.2, -0.15) is 0 Å². The minimum atomic E-state index is 0.868. The van der Waals surface area contributed by atoms with Crippen LogP contribution in [-0.2, 0) is 0 Å². The number of aliphatic imine (C=N–C) groups is 1. The van der Waals surface area contributed by atoms with E-state index in [1.54, 1.807) is 0 Å². The molecule has 0 N–H and O–H groups in total. The van der Waals surface area contributed by atoms with Gasteiger partial charge in [0.1, 0.15) is 0 Å². The maximum atomic E-state index is 4.15. The largest absolute Gasteiger partial charge is 0.334 e. The molecule has 2 heteroatoms. The fourth-order valence-corrected chi connectivity index (χ4v) is 1.85. The molecule has 2 nitrogen and oxygen atoms in total. The predicted molar refractivity (Wildman–Crippen MR) is 59.4 cm³/mol. The standard InChI is InChI=1S/C12H10N2/c1-2-4-12-10(3-1)5-6-11-9-13-7-8-14(11)12/h1-7,9H,8H2. The van der Waals surface area contributed by atoms with Gasteiger partial charge in [-0.25, -0.2) is 0 Å². The Morgan fingerprint density at radius 2 is 2.07 bits per heavy atom. The molecule has 68 valence electrons. The summed E-state index contributed by atoms with van der Waals surface area (Å²) in [6, 6.07) is 8.41. The lowest BCUT2D eigenvalue weighted by molar-refractivity contribution is 1.04. The van der Waals surface area contributed by atoms with Crippen molar-refractivity contribution >= 4 is 18.0 Å². The molecule has 0 bridgehead atoms. The Labute approximate surface area is 82.9 Å². The van der Waals surface area contributed by atoms with E-state index in [-0.39, 0.29) is 0 Å². The first-order valence-electron chi connectivity index (χ1n) is 4.71. The molecule has 0 spiro atoms. The van der Waals surface area contributed by atoms with Crippen LogP contribution >= 0.6 is 0 Å². The summed E-state index contributed by atoms with van der Waals surface area (Å²) in [4.78, 5) is 6.42. The lowest BCUT2D eigenvalue weighted by Crippen LogP contribution is -2.27. The molecule has 0 aliphatic carbocycles. The van der Waals surface area contributed by atoms with Crippen molar-refractivity contribution in [3.05, 3.63) is 47.8 Å². The first-order chi connectivity index (χ1) is 6.95.